The van der Waals surface area contributed by atoms with Crippen molar-refractivity contribution in [1.29, 1.82) is 0 Å². The molecule has 1 aromatic heterocycles. The molecular formula is C19H22N4O3S. The fraction of sp³-hybridized carbons (Fsp3) is 0.263. The maximum Gasteiger partial charge on any atom is 0.244 e. The summed E-state index contributed by atoms with van der Waals surface area (Å²) < 4.78 is 27.5. The van der Waals surface area contributed by atoms with E-state index in [0.717, 1.165) is 21.2 Å². The first-order valence-electron chi connectivity index (χ1n) is 8.59. The highest BCUT2D eigenvalue weighted by Crippen LogP contribution is 2.19. The molecule has 0 bridgehead atoms. The molecule has 7 nitrogen and oxygen atoms in total. The van der Waals surface area contributed by atoms with Crippen LogP contribution in [-0.2, 0) is 27.8 Å². The Morgan fingerprint density at radius 2 is 1.89 bits per heavy atom. The van der Waals surface area contributed by atoms with Gasteiger partial charge in [0.25, 0.3) is 0 Å². The summed E-state index contributed by atoms with van der Waals surface area (Å²) in [6, 6.07) is 13.9. The number of nitrogens with one attached hydrogen (secondary N) is 1. The summed E-state index contributed by atoms with van der Waals surface area (Å²) in [5.41, 5.74) is 2.18. The number of carbonyl (C=O) groups is 1. The van der Waals surface area contributed by atoms with Gasteiger partial charge < -0.3 is 9.88 Å². The molecule has 0 unspecified atom stereocenters. The first-order chi connectivity index (χ1) is 12.8. The van der Waals surface area contributed by atoms with Crippen LogP contribution in [0.3, 0.4) is 0 Å². The Bertz CT molecular complexity index is 1090. The van der Waals surface area contributed by atoms with Crippen LogP contribution >= 0.6 is 0 Å². The van der Waals surface area contributed by atoms with Crippen molar-refractivity contribution < 1.29 is 13.2 Å². The number of aromatic nitrogens is 2. The summed E-state index contributed by atoms with van der Waals surface area (Å²) in [4.78, 5) is 17.3. The molecule has 0 saturated carbocycles. The quantitative estimate of drug-likeness (QED) is 0.705. The SMILES string of the molecule is CCc1nc2ccccc2n1CC(=O)Nc1cccc(S(=O)(=O)N(C)C)c1. The summed E-state index contributed by atoms with van der Waals surface area (Å²) in [6.45, 7) is 2.10. The number of anilines is 1. The Hall–Kier alpha value is -2.71. The molecule has 0 aliphatic rings. The summed E-state index contributed by atoms with van der Waals surface area (Å²) in [5, 5.41) is 2.78. The van der Waals surface area contributed by atoms with E-state index in [9.17, 15) is 13.2 Å². The number of hydrogen-bond acceptors (Lipinski definition) is 4. The van der Waals surface area contributed by atoms with E-state index in [4.69, 9.17) is 0 Å². The molecule has 1 N–H and O–H groups in total. The van der Waals surface area contributed by atoms with Gasteiger partial charge in [-0.15, -0.1) is 0 Å². The molecule has 0 aliphatic heterocycles. The fourth-order valence-electron chi connectivity index (χ4n) is 2.86. The second-order valence-corrected chi connectivity index (χ2v) is 8.47. The van der Waals surface area contributed by atoms with Crippen LogP contribution in [0.4, 0.5) is 5.69 Å². The second kappa shape index (κ2) is 7.50. The average Bonchev–Trinajstić information content (AvgIpc) is 2.99. The molecule has 3 rings (SSSR count). The molecule has 0 atom stereocenters. The van der Waals surface area contributed by atoms with Crippen LogP contribution in [0.5, 0.6) is 0 Å². The number of imidazole rings is 1. The van der Waals surface area contributed by atoms with Crippen LogP contribution in [0, 0.1) is 0 Å². The Kier molecular flexibility index (Phi) is 5.29. The van der Waals surface area contributed by atoms with Gasteiger partial charge in [-0.1, -0.05) is 25.1 Å². The maximum absolute atomic E-state index is 12.6. The van der Waals surface area contributed by atoms with E-state index in [1.54, 1.807) is 12.1 Å². The molecule has 2 aromatic carbocycles. The van der Waals surface area contributed by atoms with Crippen molar-refractivity contribution in [1.82, 2.24) is 13.9 Å². The summed E-state index contributed by atoms with van der Waals surface area (Å²) >= 11 is 0. The Morgan fingerprint density at radius 3 is 2.59 bits per heavy atom. The van der Waals surface area contributed by atoms with Crippen LogP contribution < -0.4 is 5.32 Å². The lowest BCUT2D eigenvalue weighted by atomic mass is 10.3. The van der Waals surface area contributed by atoms with Gasteiger partial charge in [-0.25, -0.2) is 17.7 Å². The maximum atomic E-state index is 12.6. The molecule has 0 aliphatic carbocycles. The molecule has 0 fully saturated rings. The van der Waals surface area contributed by atoms with Gasteiger partial charge in [-0.3, -0.25) is 4.79 Å². The number of benzene rings is 2. The number of para-hydroxylation sites is 2. The lowest BCUT2D eigenvalue weighted by molar-refractivity contribution is -0.116. The lowest BCUT2D eigenvalue weighted by Crippen LogP contribution is -2.23. The van der Waals surface area contributed by atoms with E-state index in [0.29, 0.717) is 12.1 Å². The summed E-state index contributed by atoms with van der Waals surface area (Å²) in [6.07, 6.45) is 0.707. The number of nitrogens with zero attached hydrogens (tertiary/aromatic N) is 3. The Labute approximate surface area is 158 Å². The number of hydrogen-bond donors (Lipinski definition) is 1. The van der Waals surface area contributed by atoms with E-state index in [2.05, 4.69) is 10.3 Å². The van der Waals surface area contributed by atoms with Gasteiger partial charge >= 0.3 is 0 Å². The standard InChI is InChI=1S/C19H22N4O3S/c1-4-18-21-16-10-5-6-11-17(16)23(18)13-19(24)20-14-8-7-9-15(12-14)27(25,26)22(2)3/h5-12H,4,13H2,1-3H3,(H,20,24). The molecule has 8 heteroatoms. The molecule has 1 amide bonds. The number of fused-ring (bicyclic) bond motifs is 1. The molecule has 27 heavy (non-hydrogen) atoms. The first kappa shape index (κ1) is 19.1. The van der Waals surface area contributed by atoms with Gasteiger partial charge in [0.2, 0.25) is 15.9 Å². The predicted octanol–water partition coefficient (Wildman–Crippen LogP) is 2.49. The molecule has 0 saturated heterocycles. The van der Waals surface area contributed by atoms with E-state index < -0.39 is 10.0 Å². The van der Waals surface area contributed by atoms with Gasteiger partial charge in [0.05, 0.1) is 15.9 Å². The minimum Gasteiger partial charge on any atom is -0.324 e. The van der Waals surface area contributed by atoms with Gasteiger partial charge in [0.1, 0.15) is 12.4 Å². The van der Waals surface area contributed by atoms with Crippen molar-refractivity contribution in [3.8, 4) is 0 Å². The van der Waals surface area contributed by atoms with Gasteiger partial charge in [0, 0.05) is 26.2 Å². The fourth-order valence-corrected chi connectivity index (χ4v) is 3.81. The third-order valence-corrected chi connectivity index (χ3v) is 6.06. The highest BCUT2D eigenvalue weighted by molar-refractivity contribution is 7.89. The topological polar surface area (TPSA) is 84.3 Å². The Balaban J connectivity index is 1.83. The van der Waals surface area contributed by atoms with Crippen molar-refractivity contribution in [2.75, 3.05) is 19.4 Å². The van der Waals surface area contributed by atoms with Crippen molar-refractivity contribution in [2.45, 2.75) is 24.8 Å². The van der Waals surface area contributed by atoms with E-state index >= 15 is 0 Å². The zero-order chi connectivity index (χ0) is 19.6. The molecule has 0 radical (unpaired) electrons. The lowest BCUT2D eigenvalue weighted by Gasteiger charge is -2.13. The molecule has 3 aromatic rings. The van der Waals surface area contributed by atoms with Gasteiger partial charge in [-0.2, -0.15) is 0 Å². The number of amides is 1. The average molecular weight is 386 g/mol. The van der Waals surface area contributed by atoms with Crippen molar-refractivity contribution in [2.24, 2.45) is 0 Å². The number of aryl methyl sites for hydroxylation is 1. The number of rotatable bonds is 6. The highest BCUT2D eigenvalue weighted by Gasteiger charge is 2.18. The molecule has 0 spiro atoms. The normalized spacial score (nSPS) is 11.9. The van der Waals surface area contributed by atoms with Crippen molar-refractivity contribution in [3.05, 3.63) is 54.4 Å². The van der Waals surface area contributed by atoms with Crippen LogP contribution in [0.1, 0.15) is 12.7 Å². The largest absolute Gasteiger partial charge is 0.324 e. The van der Waals surface area contributed by atoms with Crippen LogP contribution in [0.2, 0.25) is 0 Å². The number of carbonyl (C=O) groups excluding carboxylic acids is 1. The Morgan fingerprint density at radius 1 is 1.15 bits per heavy atom. The smallest absolute Gasteiger partial charge is 0.244 e. The van der Waals surface area contributed by atoms with E-state index in [-0.39, 0.29) is 17.3 Å². The minimum absolute atomic E-state index is 0.106. The highest BCUT2D eigenvalue weighted by atomic mass is 32.2. The third kappa shape index (κ3) is 3.86. The first-order valence-corrected chi connectivity index (χ1v) is 10.0. The zero-order valence-electron chi connectivity index (χ0n) is 15.5. The van der Waals surface area contributed by atoms with E-state index in [1.807, 2.05) is 35.8 Å². The van der Waals surface area contributed by atoms with Crippen molar-refractivity contribution in [3.63, 3.8) is 0 Å². The second-order valence-electron chi connectivity index (χ2n) is 6.32. The summed E-state index contributed by atoms with van der Waals surface area (Å²) in [7, 11) is -0.619. The molecular weight excluding hydrogens is 364 g/mol. The minimum atomic E-state index is -3.56. The van der Waals surface area contributed by atoms with Crippen LogP contribution in [-0.4, -0.2) is 42.3 Å². The van der Waals surface area contributed by atoms with Crippen LogP contribution in [0.15, 0.2) is 53.4 Å². The third-order valence-electron chi connectivity index (χ3n) is 4.25. The molecule has 1 heterocycles. The number of sulfonamides is 1. The zero-order valence-corrected chi connectivity index (χ0v) is 16.3. The van der Waals surface area contributed by atoms with E-state index in [1.165, 1.54) is 26.2 Å². The monoisotopic (exact) mass is 386 g/mol. The van der Waals surface area contributed by atoms with Crippen LogP contribution in [0.25, 0.3) is 11.0 Å². The predicted molar refractivity (Wildman–Crippen MR) is 105 cm³/mol. The molecule has 142 valence electrons. The summed E-state index contributed by atoms with van der Waals surface area (Å²) in [5.74, 6) is 0.586. The van der Waals surface area contributed by atoms with Gasteiger partial charge in [0.15, 0.2) is 0 Å². The van der Waals surface area contributed by atoms with Crippen molar-refractivity contribution >= 4 is 32.7 Å². The van der Waals surface area contributed by atoms with Gasteiger partial charge in [-0.05, 0) is 30.3 Å².